The van der Waals surface area contributed by atoms with Crippen LogP contribution in [0.4, 0.5) is 0 Å². The van der Waals surface area contributed by atoms with Crippen molar-refractivity contribution in [1.29, 1.82) is 0 Å². The molecule has 1 N–H and O–H groups in total. The summed E-state index contributed by atoms with van der Waals surface area (Å²) < 4.78 is 7.44. The molecular formula is C22H24N2O3S. The zero-order valence-electron chi connectivity index (χ0n) is 16.1. The number of ether oxygens (including phenoxy) is 1. The van der Waals surface area contributed by atoms with Crippen LogP contribution in [0.15, 0.2) is 35.7 Å². The first-order chi connectivity index (χ1) is 13.6. The monoisotopic (exact) mass is 396 g/mol. The molecule has 2 aromatic heterocycles. The van der Waals surface area contributed by atoms with Gasteiger partial charge in [0.05, 0.1) is 24.1 Å². The maximum atomic E-state index is 11.7. The van der Waals surface area contributed by atoms with Crippen molar-refractivity contribution >= 4 is 17.3 Å². The van der Waals surface area contributed by atoms with E-state index in [1.807, 2.05) is 36.6 Å². The average Bonchev–Trinajstić information content (AvgIpc) is 3.33. The van der Waals surface area contributed by atoms with Gasteiger partial charge >= 0.3 is 5.97 Å². The molecule has 3 aromatic rings. The van der Waals surface area contributed by atoms with E-state index in [-0.39, 0.29) is 0 Å². The molecule has 0 unspecified atom stereocenters. The summed E-state index contributed by atoms with van der Waals surface area (Å²) in [4.78, 5) is 16.6. The number of aromatic nitrogens is 2. The minimum atomic E-state index is -0.876. The normalized spacial score (nSPS) is 14.9. The molecule has 28 heavy (non-hydrogen) atoms. The topological polar surface area (TPSA) is 64.3 Å². The number of nitrogens with zero attached hydrogens (tertiary/aromatic N) is 2. The van der Waals surface area contributed by atoms with Crippen molar-refractivity contribution in [3.8, 4) is 27.7 Å². The maximum absolute atomic E-state index is 11.7. The Bertz CT molecular complexity index is 982. The maximum Gasteiger partial charge on any atom is 0.337 e. The highest BCUT2D eigenvalue weighted by Crippen LogP contribution is 2.38. The number of benzene rings is 1. The number of methoxy groups -OCH3 is 1. The van der Waals surface area contributed by atoms with Gasteiger partial charge in [-0.15, -0.1) is 11.3 Å². The Hall–Kier alpha value is -2.60. The number of carbonyl (C=O) groups is 1. The molecule has 0 bridgehead atoms. The summed E-state index contributed by atoms with van der Waals surface area (Å²) in [6.07, 6.45) is 5.83. The van der Waals surface area contributed by atoms with Crippen LogP contribution in [0.1, 0.15) is 54.2 Å². The fourth-order valence-electron chi connectivity index (χ4n) is 4.10. The van der Waals surface area contributed by atoms with Gasteiger partial charge in [-0.2, -0.15) is 0 Å². The van der Waals surface area contributed by atoms with Crippen LogP contribution in [0, 0.1) is 6.92 Å². The molecule has 0 saturated heterocycles. The molecule has 6 heteroatoms. The number of hydrogen-bond acceptors (Lipinski definition) is 4. The Labute approximate surface area is 168 Å². The molecule has 4 rings (SSSR count). The van der Waals surface area contributed by atoms with Crippen molar-refractivity contribution in [1.82, 2.24) is 9.55 Å². The van der Waals surface area contributed by atoms with E-state index < -0.39 is 5.97 Å². The average molecular weight is 397 g/mol. The largest absolute Gasteiger partial charge is 0.497 e. The minimum absolute atomic E-state index is 0.350. The lowest BCUT2D eigenvalue weighted by molar-refractivity contribution is 0.0696. The number of rotatable bonds is 5. The molecule has 5 nitrogen and oxygen atoms in total. The Balaban J connectivity index is 1.75. The predicted octanol–water partition coefficient (Wildman–Crippen LogP) is 5.80. The molecule has 0 radical (unpaired) electrons. The van der Waals surface area contributed by atoms with Crippen molar-refractivity contribution in [2.75, 3.05) is 7.11 Å². The lowest BCUT2D eigenvalue weighted by Crippen LogP contribution is -2.15. The molecule has 0 spiro atoms. The SMILES string of the molecule is COc1ccc(-c2nc(-c3cc(C(=O)O)c(C)n3C3CCCCC3)cs2)cc1. The van der Waals surface area contributed by atoms with Gasteiger partial charge in [-0.1, -0.05) is 19.3 Å². The minimum Gasteiger partial charge on any atom is -0.497 e. The van der Waals surface area contributed by atoms with Gasteiger partial charge in [0.25, 0.3) is 0 Å². The summed E-state index contributed by atoms with van der Waals surface area (Å²) in [5.41, 5.74) is 3.99. The molecule has 1 fully saturated rings. The number of carboxylic acids is 1. The molecule has 0 amide bonds. The predicted molar refractivity (Wildman–Crippen MR) is 111 cm³/mol. The molecule has 1 aliphatic rings. The van der Waals surface area contributed by atoms with Gasteiger partial charge in [0.2, 0.25) is 0 Å². The first-order valence-corrected chi connectivity index (χ1v) is 10.5. The first-order valence-electron chi connectivity index (χ1n) is 9.64. The van der Waals surface area contributed by atoms with E-state index in [4.69, 9.17) is 9.72 Å². The van der Waals surface area contributed by atoms with Crippen LogP contribution in [0.25, 0.3) is 22.0 Å². The smallest absolute Gasteiger partial charge is 0.337 e. The first kappa shape index (κ1) is 18.7. The zero-order valence-corrected chi connectivity index (χ0v) is 17.0. The van der Waals surface area contributed by atoms with Crippen LogP contribution >= 0.6 is 11.3 Å². The van der Waals surface area contributed by atoms with Crippen LogP contribution in [0.2, 0.25) is 0 Å². The van der Waals surface area contributed by atoms with Crippen LogP contribution in [-0.2, 0) is 0 Å². The van der Waals surface area contributed by atoms with Gasteiger partial charge in [-0.3, -0.25) is 0 Å². The number of aromatic carboxylic acids is 1. The van der Waals surface area contributed by atoms with Crippen LogP contribution in [0.3, 0.4) is 0 Å². The molecule has 1 saturated carbocycles. The second kappa shape index (κ2) is 7.80. The fourth-order valence-corrected chi connectivity index (χ4v) is 4.92. The molecular weight excluding hydrogens is 372 g/mol. The molecule has 146 valence electrons. The summed E-state index contributed by atoms with van der Waals surface area (Å²) in [6.45, 7) is 1.91. The fraction of sp³-hybridized carbons (Fsp3) is 0.364. The van der Waals surface area contributed by atoms with E-state index in [1.54, 1.807) is 24.5 Å². The molecule has 0 atom stereocenters. The van der Waals surface area contributed by atoms with E-state index in [0.29, 0.717) is 11.6 Å². The summed E-state index contributed by atoms with van der Waals surface area (Å²) in [5, 5.41) is 12.6. The summed E-state index contributed by atoms with van der Waals surface area (Å²) in [7, 11) is 1.65. The van der Waals surface area contributed by atoms with Gasteiger partial charge < -0.3 is 14.4 Å². The second-order valence-corrected chi connectivity index (χ2v) is 8.12. The highest BCUT2D eigenvalue weighted by molar-refractivity contribution is 7.13. The standard InChI is InChI=1S/C22H24N2O3S/c1-14-18(22(25)26)12-20(24(14)16-6-4-3-5-7-16)19-13-28-21(23-19)15-8-10-17(27-2)11-9-15/h8-13,16H,3-7H2,1-2H3,(H,25,26). The molecule has 1 aromatic carbocycles. The van der Waals surface area contributed by atoms with Crippen molar-refractivity contribution in [3.05, 3.63) is 47.0 Å². The van der Waals surface area contributed by atoms with E-state index in [0.717, 1.165) is 46.2 Å². The lowest BCUT2D eigenvalue weighted by Gasteiger charge is -2.26. The van der Waals surface area contributed by atoms with Crippen molar-refractivity contribution < 1.29 is 14.6 Å². The summed E-state index contributed by atoms with van der Waals surface area (Å²) in [5.74, 6) is -0.0626. The third-order valence-corrected chi connectivity index (χ3v) is 6.46. The second-order valence-electron chi connectivity index (χ2n) is 7.26. The Morgan fingerprint density at radius 1 is 1.21 bits per heavy atom. The molecule has 1 aliphatic carbocycles. The highest BCUT2D eigenvalue weighted by Gasteiger charge is 2.25. The molecule has 2 heterocycles. The third kappa shape index (κ3) is 3.44. The van der Waals surface area contributed by atoms with Gasteiger partial charge in [-0.05, 0) is 50.1 Å². The van der Waals surface area contributed by atoms with Gasteiger partial charge in [-0.25, -0.2) is 9.78 Å². The zero-order chi connectivity index (χ0) is 19.7. The number of thiazole rings is 1. The van der Waals surface area contributed by atoms with E-state index in [2.05, 4.69) is 4.57 Å². The third-order valence-electron chi connectivity index (χ3n) is 5.57. The Morgan fingerprint density at radius 3 is 2.57 bits per heavy atom. The van der Waals surface area contributed by atoms with E-state index in [1.165, 1.54) is 19.3 Å². The van der Waals surface area contributed by atoms with Crippen molar-refractivity contribution in [2.24, 2.45) is 0 Å². The quantitative estimate of drug-likeness (QED) is 0.592. The number of hydrogen-bond donors (Lipinski definition) is 1. The Morgan fingerprint density at radius 2 is 1.93 bits per heavy atom. The van der Waals surface area contributed by atoms with Gasteiger partial charge in [0, 0.05) is 22.7 Å². The summed E-state index contributed by atoms with van der Waals surface area (Å²) in [6, 6.07) is 9.98. The highest BCUT2D eigenvalue weighted by atomic mass is 32.1. The van der Waals surface area contributed by atoms with Crippen molar-refractivity contribution in [3.63, 3.8) is 0 Å². The van der Waals surface area contributed by atoms with Crippen LogP contribution < -0.4 is 4.74 Å². The summed E-state index contributed by atoms with van der Waals surface area (Å²) >= 11 is 1.58. The molecule has 0 aliphatic heterocycles. The van der Waals surface area contributed by atoms with Gasteiger partial charge in [0.15, 0.2) is 0 Å². The van der Waals surface area contributed by atoms with E-state index in [9.17, 15) is 9.90 Å². The van der Waals surface area contributed by atoms with Crippen LogP contribution in [-0.4, -0.2) is 27.7 Å². The lowest BCUT2D eigenvalue weighted by atomic mass is 9.95. The Kier molecular flexibility index (Phi) is 5.22. The van der Waals surface area contributed by atoms with E-state index >= 15 is 0 Å². The van der Waals surface area contributed by atoms with Crippen molar-refractivity contribution in [2.45, 2.75) is 45.1 Å². The number of carboxylic acid groups (broad SMARTS) is 1. The van der Waals surface area contributed by atoms with Gasteiger partial charge in [0.1, 0.15) is 10.8 Å². The van der Waals surface area contributed by atoms with Crippen LogP contribution in [0.5, 0.6) is 5.75 Å².